The second-order valence-electron chi connectivity index (χ2n) is 24.5. The summed E-state index contributed by atoms with van der Waals surface area (Å²) in [5.74, 6) is 0.272. The summed E-state index contributed by atoms with van der Waals surface area (Å²) in [4.78, 5) is 90.6. The molecular formula is C63H79N5O12SSi. The summed E-state index contributed by atoms with van der Waals surface area (Å²) in [6.45, 7) is 24.8. The molecule has 1 spiro atoms. The first-order chi connectivity index (χ1) is 38.9. The van der Waals surface area contributed by atoms with Crippen molar-refractivity contribution in [3.63, 3.8) is 0 Å². The summed E-state index contributed by atoms with van der Waals surface area (Å²) < 4.78 is 37.8. The Labute approximate surface area is 487 Å². The maximum atomic E-state index is 15.1. The minimum absolute atomic E-state index is 0.0114. The van der Waals surface area contributed by atoms with Crippen LogP contribution in [0.1, 0.15) is 124 Å². The Kier molecular flexibility index (Phi) is 17.5. The molecule has 5 aliphatic rings. The summed E-state index contributed by atoms with van der Waals surface area (Å²) >= 11 is 1.58. The third kappa shape index (κ3) is 12.5. The molecule has 4 aliphatic heterocycles. The van der Waals surface area contributed by atoms with Crippen LogP contribution < -0.4 is 29.3 Å². The fourth-order valence-corrected chi connectivity index (χ4v) is 12.7. The molecule has 1 aliphatic carbocycles. The molecule has 19 heteroatoms. The van der Waals surface area contributed by atoms with E-state index in [2.05, 4.69) is 45.8 Å². The van der Waals surface area contributed by atoms with Gasteiger partial charge < -0.3 is 43.2 Å². The highest BCUT2D eigenvalue weighted by molar-refractivity contribution is 7.08. The highest BCUT2D eigenvalue weighted by atomic mass is 32.1. The monoisotopic (exact) mass is 1160 g/mol. The number of rotatable bonds is 20. The molecule has 2 fully saturated rings. The van der Waals surface area contributed by atoms with E-state index in [1.807, 2.05) is 79.9 Å². The molecule has 5 atom stereocenters. The van der Waals surface area contributed by atoms with E-state index in [1.165, 1.54) is 18.1 Å². The first-order valence-corrected chi connectivity index (χ1v) is 32.4. The molecule has 438 valence electrons. The van der Waals surface area contributed by atoms with Crippen LogP contribution in [-0.4, -0.2) is 118 Å². The number of benzene rings is 3. The van der Waals surface area contributed by atoms with Gasteiger partial charge in [0.2, 0.25) is 5.91 Å². The van der Waals surface area contributed by atoms with Crippen molar-refractivity contribution in [2.24, 2.45) is 17.3 Å². The number of hydrogen-bond donors (Lipinski definition) is 1. The average Bonchev–Trinajstić information content (AvgIpc) is 3.69. The van der Waals surface area contributed by atoms with Crippen molar-refractivity contribution in [3.05, 3.63) is 118 Å². The number of fused-ring (bicyclic) bond motifs is 4. The molecule has 1 N–H and O–H groups in total. The van der Waals surface area contributed by atoms with Gasteiger partial charge >= 0.3 is 12.2 Å². The number of nitrogens with one attached hydrogen (secondary N) is 1. The molecular weight excluding hydrogens is 1080 g/mol. The Morgan fingerprint density at radius 3 is 2.21 bits per heavy atom. The summed E-state index contributed by atoms with van der Waals surface area (Å²) in [5, 5.41) is 6.64. The lowest BCUT2D eigenvalue weighted by molar-refractivity contribution is -0.130. The van der Waals surface area contributed by atoms with Crippen molar-refractivity contribution in [2.45, 2.75) is 143 Å². The number of ketones is 1. The predicted molar refractivity (Wildman–Crippen MR) is 318 cm³/mol. The molecule has 0 bridgehead atoms. The number of thiophene rings is 1. The van der Waals surface area contributed by atoms with Gasteiger partial charge in [-0.15, -0.1) is 0 Å². The van der Waals surface area contributed by atoms with Crippen LogP contribution in [-0.2, 0) is 36.5 Å². The number of aryl methyl sites for hydroxylation is 1. The quantitative estimate of drug-likeness (QED) is 0.0503. The highest BCUT2D eigenvalue weighted by Gasteiger charge is 2.60. The zero-order valence-corrected chi connectivity index (χ0v) is 51.1. The standard InChI is InChI=1S/C63H79N5O12SSi/c1-13-22-78-60(73)66-34-46-28-45(44-19-25-81-36-44)33-65(46)57(71)48-29-54(75-10)55(30-49(48)66)77-24-14-23-76-53-31-50-47(26-39(53)4)58(72)67-37-63(20-21-63)32-51(67)59(80-82(11,12)62(7,8)9)68(50)61(74)79-35-43-17-15-42(16-18-43)27-52(69)41(6)64-56(70)40(5)38(2)3/h13,15-19,25-26,29-31,33,36,38,40-41,46,51,59H,1,14,20-24,27-28,32,34-35,37H2,2-12H3,(H,64,70)/t40-,41-,46-,51-,59?/m0/s1. The van der Waals surface area contributed by atoms with E-state index in [-0.39, 0.29) is 96.8 Å². The largest absolute Gasteiger partial charge is 0.493 e. The molecule has 3 aromatic carbocycles. The van der Waals surface area contributed by atoms with Crippen LogP contribution in [0.15, 0.2) is 84.2 Å². The van der Waals surface area contributed by atoms with Crippen LogP contribution in [0, 0.1) is 24.2 Å². The molecule has 5 heterocycles. The number of carbonyl (C=O) groups excluding carboxylic acids is 6. The fraction of sp³-hybridized carbons (Fsp3) is 0.492. The Morgan fingerprint density at radius 2 is 1.56 bits per heavy atom. The van der Waals surface area contributed by atoms with Crippen LogP contribution in [0.3, 0.4) is 0 Å². The number of nitrogens with zero attached hydrogens (tertiary/aromatic N) is 4. The fourth-order valence-electron chi connectivity index (χ4n) is 10.8. The molecule has 82 heavy (non-hydrogen) atoms. The maximum Gasteiger partial charge on any atom is 0.416 e. The van der Waals surface area contributed by atoms with Crippen LogP contribution >= 0.6 is 11.3 Å². The van der Waals surface area contributed by atoms with Crippen LogP contribution in [0.5, 0.6) is 17.2 Å². The van der Waals surface area contributed by atoms with Gasteiger partial charge in [-0.1, -0.05) is 78.5 Å². The van der Waals surface area contributed by atoms with Crippen LogP contribution in [0.4, 0.5) is 21.0 Å². The van der Waals surface area contributed by atoms with E-state index < -0.39 is 38.8 Å². The Balaban J connectivity index is 0.943. The van der Waals surface area contributed by atoms with E-state index in [0.717, 1.165) is 29.5 Å². The SMILES string of the molecule is C=CCOC(=O)N1C[C@@H]2CC(c3ccsc3)=CN2C(=O)c2cc(OC)c(OCCCOc3cc4c(cc3C)C(=O)N3CC5(CC5)C[C@H]3C(O[Si](C)(C)C(C)(C)C)N4C(=O)OCc3ccc(CC(=O)[C@H](C)NC(=O)[C@@H](C)C(C)C)cc3)cc21. The van der Waals surface area contributed by atoms with Gasteiger partial charge in [-0.2, -0.15) is 11.3 Å². The van der Waals surface area contributed by atoms with Gasteiger partial charge in [0.05, 0.1) is 67.5 Å². The lowest BCUT2D eigenvalue weighted by Crippen LogP contribution is -2.58. The predicted octanol–water partition coefficient (Wildman–Crippen LogP) is 11.7. The summed E-state index contributed by atoms with van der Waals surface area (Å²) in [5.41, 5.74) is 5.44. The maximum absolute atomic E-state index is 15.1. The second-order valence-corrected chi connectivity index (χ2v) is 30.1. The Morgan fingerprint density at radius 1 is 0.878 bits per heavy atom. The van der Waals surface area contributed by atoms with E-state index in [4.69, 9.17) is 28.1 Å². The number of hydrogen-bond acceptors (Lipinski definition) is 13. The van der Waals surface area contributed by atoms with Crippen molar-refractivity contribution in [1.82, 2.24) is 15.1 Å². The number of ether oxygens (including phenoxy) is 5. The summed E-state index contributed by atoms with van der Waals surface area (Å²) in [6.07, 6.45) is 4.92. The van der Waals surface area contributed by atoms with Gasteiger partial charge in [-0.3, -0.25) is 24.1 Å². The number of anilines is 2. The van der Waals surface area contributed by atoms with Crippen molar-refractivity contribution < 1.29 is 56.9 Å². The van der Waals surface area contributed by atoms with Gasteiger partial charge in [0, 0.05) is 43.6 Å². The molecule has 17 nitrogen and oxygen atoms in total. The zero-order valence-electron chi connectivity index (χ0n) is 49.3. The minimum atomic E-state index is -2.65. The summed E-state index contributed by atoms with van der Waals surface area (Å²) in [6, 6.07) is 14.7. The number of amides is 5. The van der Waals surface area contributed by atoms with E-state index >= 15 is 4.79 Å². The molecule has 1 saturated carbocycles. The third-order valence-corrected chi connectivity index (χ3v) is 22.5. The van der Waals surface area contributed by atoms with E-state index in [1.54, 1.807) is 52.3 Å². The Bertz CT molecular complexity index is 3130. The van der Waals surface area contributed by atoms with Crippen molar-refractivity contribution in [1.29, 1.82) is 0 Å². The summed E-state index contributed by atoms with van der Waals surface area (Å²) in [7, 11) is -1.15. The first kappa shape index (κ1) is 59.7. The lowest BCUT2D eigenvalue weighted by atomic mass is 9.96. The van der Waals surface area contributed by atoms with Gasteiger partial charge in [-0.05, 0) is 126 Å². The number of carbonyl (C=O) groups is 6. The highest BCUT2D eigenvalue weighted by Crippen LogP contribution is 2.58. The van der Waals surface area contributed by atoms with E-state index in [9.17, 15) is 24.0 Å². The molecule has 4 aromatic rings. The molecule has 1 unspecified atom stereocenters. The zero-order chi connectivity index (χ0) is 59.0. The third-order valence-electron chi connectivity index (χ3n) is 17.4. The second kappa shape index (κ2) is 24.1. The van der Waals surface area contributed by atoms with Crippen LogP contribution in [0.25, 0.3) is 5.57 Å². The molecule has 1 aromatic heterocycles. The van der Waals surface area contributed by atoms with Gasteiger partial charge in [0.15, 0.2) is 31.8 Å². The van der Waals surface area contributed by atoms with Gasteiger partial charge in [-0.25, -0.2) is 14.5 Å². The molecule has 9 rings (SSSR count). The number of Topliss-reactive ketones (excluding diaryl/α,β-unsaturated/α-hetero) is 1. The Hall–Kier alpha value is -6.96. The molecule has 5 amide bonds. The van der Waals surface area contributed by atoms with E-state index in [0.29, 0.717) is 71.1 Å². The smallest absolute Gasteiger partial charge is 0.416 e. The molecule has 0 radical (unpaired) electrons. The normalized spacial score (nSPS) is 19.7. The average molecular weight is 1160 g/mol. The molecule has 1 saturated heterocycles. The van der Waals surface area contributed by atoms with Gasteiger partial charge in [0.25, 0.3) is 11.8 Å². The van der Waals surface area contributed by atoms with Crippen molar-refractivity contribution >= 4 is 72.3 Å². The topological polar surface area (TPSA) is 183 Å². The first-order valence-electron chi connectivity index (χ1n) is 28.5. The van der Waals surface area contributed by atoms with Crippen molar-refractivity contribution in [2.75, 3.05) is 49.8 Å². The number of methoxy groups -OCH3 is 1. The van der Waals surface area contributed by atoms with Crippen LogP contribution in [0.2, 0.25) is 18.1 Å². The lowest BCUT2D eigenvalue weighted by Gasteiger charge is -2.44. The van der Waals surface area contributed by atoms with Gasteiger partial charge in [0.1, 0.15) is 19.0 Å². The minimum Gasteiger partial charge on any atom is -0.493 e. The van der Waals surface area contributed by atoms with Crippen molar-refractivity contribution in [3.8, 4) is 17.2 Å².